The predicted octanol–water partition coefficient (Wildman–Crippen LogP) is 4.35. The maximum Gasteiger partial charge on any atom is 0.254 e. The Balaban J connectivity index is 1.66. The van der Waals surface area contributed by atoms with Crippen LogP contribution in [0.1, 0.15) is 22.8 Å². The average molecular weight is 368 g/mol. The molecule has 5 nitrogen and oxygen atoms in total. The first-order valence-electron chi connectivity index (χ1n) is 9.24. The molecule has 2 aromatic heterocycles. The zero-order chi connectivity index (χ0) is 19.3. The molecule has 4 rings (SSSR count). The molecule has 0 saturated heterocycles. The molecule has 2 heterocycles. The number of fused-ring (bicyclic) bond motifs is 1. The van der Waals surface area contributed by atoms with E-state index in [1.165, 1.54) is 0 Å². The third-order valence-electron chi connectivity index (χ3n) is 4.81. The van der Waals surface area contributed by atoms with Gasteiger partial charge in [0.2, 0.25) is 0 Å². The van der Waals surface area contributed by atoms with Gasteiger partial charge in [-0.1, -0.05) is 24.3 Å². The summed E-state index contributed by atoms with van der Waals surface area (Å²) < 4.78 is 0. The summed E-state index contributed by atoms with van der Waals surface area (Å²) in [4.78, 5) is 18.9. The van der Waals surface area contributed by atoms with Crippen LogP contribution in [0.2, 0.25) is 0 Å². The molecule has 2 aromatic carbocycles. The lowest BCUT2D eigenvalue weighted by Gasteiger charge is -2.21. The first-order chi connectivity index (χ1) is 13.8. The van der Waals surface area contributed by atoms with Crippen molar-refractivity contribution in [3.05, 3.63) is 90.5 Å². The van der Waals surface area contributed by atoms with Gasteiger partial charge in [0, 0.05) is 36.6 Å². The number of benzene rings is 2. The van der Waals surface area contributed by atoms with Gasteiger partial charge in [-0.25, -0.2) is 0 Å². The Kier molecular flexibility index (Phi) is 5.06. The molecule has 0 atom stereocenters. The van der Waals surface area contributed by atoms with Crippen LogP contribution >= 0.6 is 0 Å². The largest absolute Gasteiger partial charge is 0.335 e. The van der Waals surface area contributed by atoms with Crippen molar-refractivity contribution in [1.82, 2.24) is 20.1 Å². The highest BCUT2D eigenvalue weighted by Gasteiger charge is 2.15. The number of aromatic nitrogens is 3. The summed E-state index contributed by atoms with van der Waals surface area (Å²) in [5.41, 5.74) is 3.84. The van der Waals surface area contributed by atoms with Crippen LogP contribution in [0.15, 0.2) is 79.4 Å². The SMILES string of the molecule is CCN(Cc1ccncc1)C(=O)c1ccc2c(-c3ccnnc3)cccc2c1. The topological polar surface area (TPSA) is 59.0 Å². The average Bonchev–Trinajstić information content (AvgIpc) is 2.77. The van der Waals surface area contributed by atoms with Crippen LogP contribution in [0.5, 0.6) is 0 Å². The normalized spacial score (nSPS) is 10.8. The summed E-state index contributed by atoms with van der Waals surface area (Å²) in [5, 5.41) is 9.94. The first-order valence-corrected chi connectivity index (χ1v) is 9.24. The van der Waals surface area contributed by atoms with E-state index in [1.54, 1.807) is 24.8 Å². The van der Waals surface area contributed by atoms with Gasteiger partial charge >= 0.3 is 0 Å². The molecule has 0 aliphatic carbocycles. The fraction of sp³-hybridized carbons (Fsp3) is 0.130. The van der Waals surface area contributed by atoms with Gasteiger partial charge in [-0.3, -0.25) is 9.78 Å². The fourth-order valence-corrected chi connectivity index (χ4v) is 3.34. The molecular formula is C23H20N4O. The van der Waals surface area contributed by atoms with E-state index in [-0.39, 0.29) is 5.91 Å². The van der Waals surface area contributed by atoms with Crippen LogP contribution in [-0.4, -0.2) is 32.5 Å². The van der Waals surface area contributed by atoms with Crippen molar-refractivity contribution in [2.24, 2.45) is 0 Å². The maximum atomic E-state index is 13.1. The Bertz CT molecular complexity index is 1100. The van der Waals surface area contributed by atoms with E-state index in [0.717, 1.165) is 27.5 Å². The molecule has 28 heavy (non-hydrogen) atoms. The number of carbonyl (C=O) groups is 1. The summed E-state index contributed by atoms with van der Waals surface area (Å²) in [6, 6.07) is 17.8. The highest BCUT2D eigenvalue weighted by atomic mass is 16.2. The molecule has 0 spiro atoms. The molecule has 5 heteroatoms. The number of nitrogens with zero attached hydrogens (tertiary/aromatic N) is 4. The highest BCUT2D eigenvalue weighted by Crippen LogP contribution is 2.29. The standard InChI is InChI=1S/C23H20N4O/c1-2-27(16-17-8-11-24-12-9-17)23(28)19-6-7-22-18(14-19)4-3-5-21(22)20-10-13-25-26-15-20/h3-15H,2,16H2,1H3. The first kappa shape index (κ1) is 17.8. The Hall–Kier alpha value is -3.60. The lowest BCUT2D eigenvalue weighted by atomic mass is 9.98. The van der Waals surface area contributed by atoms with Gasteiger partial charge in [0.05, 0.1) is 12.4 Å². The molecule has 0 aliphatic heterocycles. The Morgan fingerprint density at radius 1 is 0.964 bits per heavy atom. The Morgan fingerprint density at radius 2 is 1.82 bits per heavy atom. The summed E-state index contributed by atoms with van der Waals surface area (Å²) >= 11 is 0. The van der Waals surface area contributed by atoms with Crippen LogP contribution in [0.25, 0.3) is 21.9 Å². The van der Waals surface area contributed by atoms with Gasteiger partial charge < -0.3 is 4.90 Å². The van der Waals surface area contributed by atoms with Gasteiger partial charge in [-0.05, 0) is 59.2 Å². The number of pyridine rings is 1. The molecule has 0 fully saturated rings. The molecule has 1 amide bonds. The molecular weight excluding hydrogens is 348 g/mol. The number of hydrogen-bond donors (Lipinski definition) is 0. The lowest BCUT2D eigenvalue weighted by Crippen LogP contribution is -2.30. The van der Waals surface area contributed by atoms with Crippen LogP contribution in [0.4, 0.5) is 0 Å². The van der Waals surface area contributed by atoms with E-state index < -0.39 is 0 Å². The monoisotopic (exact) mass is 368 g/mol. The van der Waals surface area contributed by atoms with Crippen molar-refractivity contribution < 1.29 is 4.79 Å². The van der Waals surface area contributed by atoms with Crippen molar-refractivity contribution in [2.45, 2.75) is 13.5 Å². The highest BCUT2D eigenvalue weighted by molar-refractivity contribution is 6.02. The van der Waals surface area contributed by atoms with Crippen molar-refractivity contribution >= 4 is 16.7 Å². The van der Waals surface area contributed by atoms with Gasteiger partial charge in [0.1, 0.15) is 0 Å². The van der Waals surface area contributed by atoms with Crippen LogP contribution in [0, 0.1) is 0 Å². The van der Waals surface area contributed by atoms with Crippen molar-refractivity contribution in [3.8, 4) is 11.1 Å². The smallest absolute Gasteiger partial charge is 0.254 e. The molecule has 0 N–H and O–H groups in total. The summed E-state index contributed by atoms with van der Waals surface area (Å²) in [6.07, 6.45) is 6.93. The minimum Gasteiger partial charge on any atom is -0.335 e. The van der Waals surface area contributed by atoms with Crippen molar-refractivity contribution in [3.63, 3.8) is 0 Å². The molecule has 0 unspecified atom stereocenters. The summed E-state index contributed by atoms with van der Waals surface area (Å²) in [7, 11) is 0. The minimum absolute atomic E-state index is 0.0252. The third kappa shape index (κ3) is 3.60. The van der Waals surface area contributed by atoms with E-state index >= 15 is 0 Å². The second-order valence-corrected chi connectivity index (χ2v) is 6.55. The Labute approximate surface area is 163 Å². The Morgan fingerprint density at radius 3 is 2.57 bits per heavy atom. The molecule has 4 aromatic rings. The van der Waals surface area contributed by atoms with Crippen molar-refractivity contribution in [1.29, 1.82) is 0 Å². The lowest BCUT2D eigenvalue weighted by molar-refractivity contribution is 0.0752. The predicted molar refractivity (Wildman–Crippen MR) is 110 cm³/mol. The van der Waals surface area contributed by atoms with E-state index in [4.69, 9.17) is 0 Å². The quantitative estimate of drug-likeness (QED) is 0.525. The molecule has 0 bridgehead atoms. The molecule has 0 saturated carbocycles. The van der Waals surface area contributed by atoms with E-state index in [1.807, 2.05) is 60.4 Å². The van der Waals surface area contributed by atoms with Gasteiger partial charge in [0.25, 0.3) is 5.91 Å². The third-order valence-corrected chi connectivity index (χ3v) is 4.81. The van der Waals surface area contributed by atoms with Gasteiger partial charge in [0.15, 0.2) is 0 Å². The zero-order valence-electron chi connectivity index (χ0n) is 15.6. The van der Waals surface area contributed by atoms with Crippen LogP contribution in [-0.2, 0) is 6.54 Å². The second-order valence-electron chi connectivity index (χ2n) is 6.55. The van der Waals surface area contributed by atoms with E-state index in [2.05, 4.69) is 21.2 Å². The van der Waals surface area contributed by atoms with Gasteiger partial charge in [-0.2, -0.15) is 10.2 Å². The fourth-order valence-electron chi connectivity index (χ4n) is 3.34. The van der Waals surface area contributed by atoms with Crippen LogP contribution < -0.4 is 0 Å². The zero-order valence-corrected chi connectivity index (χ0v) is 15.6. The molecule has 138 valence electrons. The molecule has 0 aliphatic rings. The van der Waals surface area contributed by atoms with Crippen molar-refractivity contribution in [2.75, 3.05) is 6.54 Å². The van der Waals surface area contributed by atoms with E-state index in [0.29, 0.717) is 18.7 Å². The summed E-state index contributed by atoms with van der Waals surface area (Å²) in [5.74, 6) is 0.0252. The van der Waals surface area contributed by atoms with Gasteiger partial charge in [-0.15, -0.1) is 0 Å². The number of carbonyl (C=O) groups excluding carboxylic acids is 1. The summed E-state index contributed by atoms with van der Waals surface area (Å²) in [6.45, 7) is 3.20. The maximum absolute atomic E-state index is 13.1. The molecule has 0 radical (unpaired) electrons. The second kappa shape index (κ2) is 7.96. The number of amides is 1. The van der Waals surface area contributed by atoms with E-state index in [9.17, 15) is 4.79 Å². The van der Waals surface area contributed by atoms with Crippen LogP contribution in [0.3, 0.4) is 0 Å². The number of hydrogen-bond acceptors (Lipinski definition) is 4. The minimum atomic E-state index is 0.0252. The number of rotatable bonds is 5.